The highest BCUT2D eigenvalue weighted by Gasteiger charge is 2.20. The van der Waals surface area contributed by atoms with Crippen LogP contribution in [0.4, 0.5) is 0 Å². The summed E-state index contributed by atoms with van der Waals surface area (Å²) < 4.78 is 19.2. The fourth-order valence-electron chi connectivity index (χ4n) is 3.68. The van der Waals surface area contributed by atoms with Gasteiger partial charge in [-0.05, 0) is 44.7 Å². The number of hydrogen-bond acceptors (Lipinski definition) is 6. The summed E-state index contributed by atoms with van der Waals surface area (Å²) >= 11 is 0. The molecule has 1 aliphatic carbocycles. The number of pyridine rings is 1. The first-order valence-corrected chi connectivity index (χ1v) is 9.77. The van der Waals surface area contributed by atoms with Crippen molar-refractivity contribution in [2.75, 3.05) is 13.2 Å². The Bertz CT molecular complexity index is 896. The third kappa shape index (κ3) is 3.83. The lowest BCUT2D eigenvalue weighted by Gasteiger charge is -2.21. The van der Waals surface area contributed by atoms with Crippen LogP contribution >= 0.6 is 0 Å². The Labute approximate surface area is 158 Å². The van der Waals surface area contributed by atoms with Crippen molar-refractivity contribution < 1.29 is 13.9 Å². The van der Waals surface area contributed by atoms with E-state index in [-0.39, 0.29) is 0 Å². The topological polar surface area (TPSA) is 74.7 Å². The molecular weight excluding hydrogens is 344 g/mol. The highest BCUT2D eigenvalue weighted by Crippen LogP contribution is 2.30. The monoisotopic (exact) mass is 370 g/mol. The molecule has 1 aliphatic rings. The van der Waals surface area contributed by atoms with Crippen molar-refractivity contribution in [2.24, 2.45) is 5.92 Å². The average molecular weight is 370 g/mol. The molecule has 0 unspecified atom stereocenters. The maximum atomic E-state index is 6.15. The number of imidazole rings is 1. The second-order valence-electron chi connectivity index (χ2n) is 7.06. The van der Waals surface area contributed by atoms with Crippen molar-refractivity contribution in [3.8, 4) is 17.3 Å². The van der Waals surface area contributed by atoms with E-state index in [1.54, 1.807) is 0 Å². The quantitative estimate of drug-likeness (QED) is 0.621. The van der Waals surface area contributed by atoms with Crippen LogP contribution in [-0.2, 0) is 11.3 Å². The molecule has 0 aromatic carbocycles. The van der Waals surface area contributed by atoms with Crippen LogP contribution in [0.3, 0.4) is 0 Å². The molecule has 1 saturated carbocycles. The van der Waals surface area contributed by atoms with Crippen LogP contribution in [0.2, 0.25) is 0 Å². The number of hydrogen-bond donors (Lipinski definition) is 0. The number of nitrogens with zero attached hydrogens (tertiary/aromatic N) is 4. The summed E-state index contributed by atoms with van der Waals surface area (Å²) in [7, 11) is 0. The molecule has 3 heterocycles. The van der Waals surface area contributed by atoms with E-state index in [1.165, 1.54) is 32.1 Å². The lowest BCUT2D eigenvalue weighted by molar-refractivity contribution is 0.115. The van der Waals surface area contributed by atoms with Crippen LogP contribution < -0.4 is 4.74 Å². The number of fused-ring (bicyclic) bond motifs is 1. The molecule has 0 bridgehead atoms. The summed E-state index contributed by atoms with van der Waals surface area (Å²) in [5.41, 5.74) is 2.41. The van der Waals surface area contributed by atoms with Crippen molar-refractivity contribution in [2.45, 2.75) is 52.6 Å². The van der Waals surface area contributed by atoms with Crippen LogP contribution in [-0.4, -0.2) is 32.8 Å². The smallest absolute Gasteiger partial charge is 0.266 e. The molecule has 0 spiro atoms. The zero-order valence-corrected chi connectivity index (χ0v) is 16.0. The fourth-order valence-corrected chi connectivity index (χ4v) is 3.68. The predicted molar refractivity (Wildman–Crippen MR) is 101 cm³/mol. The molecule has 3 aromatic rings. The summed E-state index contributed by atoms with van der Waals surface area (Å²) in [6.07, 6.45) is 8.44. The minimum Gasteiger partial charge on any atom is -0.489 e. The van der Waals surface area contributed by atoms with E-state index in [4.69, 9.17) is 18.9 Å². The second kappa shape index (κ2) is 8.08. The summed E-state index contributed by atoms with van der Waals surface area (Å²) in [5, 5.41) is 8.24. The second-order valence-corrected chi connectivity index (χ2v) is 7.06. The Balaban J connectivity index is 1.59. The van der Waals surface area contributed by atoms with Crippen molar-refractivity contribution in [3.63, 3.8) is 0 Å². The SMILES string of the molecule is CCOCc1nnc(-c2c(C)nc3c(OCC4CCCCC4)cccn23)o1. The Morgan fingerprint density at radius 3 is 2.89 bits per heavy atom. The highest BCUT2D eigenvalue weighted by atomic mass is 16.5. The first-order valence-electron chi connectivity index (χ1n) is 9.77. The zero-order chi connectivity index (χ0) is 18.6. The number of ether oxygens (including phenoxy) is 2. The molecule has 7 nitrogen and oxygen atoms in total. The molecule has 0 N–H and O–H groups in total. The van der Waals surface area contributed by atoms with Gasteiger partial charge < -0.3 is 13.9 Å². The highest BCUT2D eigenvalue weighted by molar-refractivity contribution is 5.65. The summed E-state index contributed by atoms with van der Waals surface area (Å²) in [5.74, 6) is 2.35. The van der Waals surface area contributed by atoms with Gasteiger partial charge in [0.2, 0.25) is 5.89 Å². The standard InChI is InChI=1S/C20H26N4O3/c1-3-25-13-17-22-23-20(27-17)18-14(2)21-19-16(10-7-11-24(18)19)26-12-15-8-5-4-6-9-15/h7,10-11,15H,3-6,8-9,12-13H2,1-2H3. The molecule has 0 amide bonds. The van der Waals surface area contributed by atoms with Gasteiger partial charge in [0, 0.05) is 12.8 Å². The number of rotatable bonds is 7. The van der Waals surface area contributed by atoms with Crippen molar-refractivity contribution >= 4 is 5.65 Å². The van der Waals surface area contributed by atoms with Crippen LogP contribution in [0.5, 0.6) is 5.75 Å². The molecule has 1 fully saturated rings. The zero-order valence-electron chi connectivity index (χ0n) is 16.0. The maximum Gasteiger partial charge on any atom is 0.266 e. The molecule has 0 atom stereocenters. The van der Waals surface area contributed by atoms with Gasteiger partial charge in [0.05, 0.1) is 12.3 Å². The van der Waals surface area contributed by atoms with E-state index in [0.717, 1.165) is 29.4 Å². The third-order valence-electron chi connectivity index (χ3n) is 5.09. The van der Waals surface area contributed by atoms with Gasteiger partial charge in [0.15, 0.2) is 11.4 Å². The number of aryl methyl sites for hydroxylation is 1. The summed E-state index contributed by atoms with van der Waals surface area (Å²) in [6, 6.07) is 3.94. The minimum absolute atomic E-state index is 0.315. The van der Waals surface area contributed by atoms with Gasteiger partial charge in [-0.25, -0.2) is 4.98 Å². The molecular formula is C20H26N4O3. The Morgan fingerprint density at radius 1 is 1.22 bits per heavy atom. The first kappa shape index (κ1) is 18.0. The molecule has 0 aliphatic heterocycles. The Hall–Kier alpha value is -2.41. The Kier molecular flexibility index (Phi) is 5.38. The van der Waals surface area contributed by atoms with Crippen molar-refractivity contribution in [1.82, 2.24) is 19.6 Å². The first-order chi connectivity index (χ1) is 13.3. The number of aromatic nitrogens is 4. The lowest BCUT2D eigenvalue weighted by Crippen LogP contribution is -2.15. The molecule has 0 saturated heterocycles. The Morgan fingerprint density at radius 2 is 2.07 bits per heavy atom. The van der Waals surface area contributed by atoms with Gasteiger partial charge in [-0.15, -0.1) is 10.2 Å². The minimum atomic E-state index is 0.315. The van der Waals surface area contributed by atoms with Crippen LogP contribution in [0.1, 0.15) is 50.6 Å². The van der Waals surface area contributed by atoms with Crippen LogP contribution in [0, 0.1) is 12.8 Å². The van der Waals surface area contributed by atoms with Gasteiger partial charge in [-0.2, -0.15) is 0 Å². The normalized spacial score (nSPS) is 15.5. The fraction of sp³-hybridized carbons (Fsp3) is 0.550. The van der Waals surface area contributed by atoms with E-state index < -0.39 is 0 Å². The van der Waals surface area contributed by atoms with E-state index in [2.05, 4.69) is 10.2 Å². The van der Waals surface area contributed by atoms with Gasteiger partial charge in [0.1, 0.15) is 12.3 Å². The largest absolute Gasteiger partial charge is 0.489 e. The molecule has 3 aromatic heterocycles. The molecule has 4 rings (SSSR count). The predicted octanol–water partition coefficient (Wildman–Crippen LogP) is 4.19. The van der Waals surface area contributed by atoms with E-state index in [0.29, 0.717) is 30.9 Å². The molecule has 0 radical (unpaired) electrons. The van der Waals surface area contributed by atoms with E-state index in [1.807, 2.05) is 36.6 Å². The lowest BCUT2D eigenvalue weighted by atomic mass is 9.90. The van der Waals surface area contributed by atoms with Gasteiger partial charge >= 0.3 is 0 Å². The van der Waals surface area contributed by atoms with E-state index in [9.17, 15) is 0 Å². The third-order valence-corrected chi connectivity index (χ3v) is 5.09. The summed E-state index contributed by atoms with van der Waals surface area (Å²) in [4.78, 5) is 4.70. The van der Waals surface area contributed by atoms with Crippen LogP contribution in [0.15, 0.2) is 22.7 Å². The molecule has 144 valence electrons. The van der Waals surface area contributed by atoms with Gasteiger partial charge in [-0.3, -0.25) is 4.40 Å². The average Bonchev–Trinajstić information content (AvgIpc) is 3.28. The molecule has 27 heavy (non-hydrogen) atoms. The van der Waals surface area contributed by atoms with Gasteiger partial charge in [0.25, 0.3) is 5.89 Å². The maximum absolute atomic E-state index is 6.15. The molecule has 7 heteroatoms. The van der Waals surface area contributed by atoms with Crippen molar-refractivity contribution in [3.05, 3.63) is 29.9 Å². The van der Waals surface area contributed by atoms with Crippen molar-refractivity contribution in [1.29, 1.82) is 0 Å². The summed E-state index contributed by atoms with van der Waals surface area (Å²) in [6.45, 7) is 5.55. The van der Waals surface area contributed by atoms with Crippen LogP contribution in [0.25, 0.3) is 17.2 Å². The van der Waals surface area contributed by atoms with E-state index >= 15 is 0 Å². The van der Waals surface area contributed by atoms with Gasteiger partial charge in [-0.1, -0.05) is 19.3 Å².